The van der Waals surface area contributed by atoms with Crippen LogP contribution in [-0.2, 0) is 10.4 Å². The van der Waals surface area contributed by atoms with Crippen molar-refractivity contribution in [2.24, 2.45) is 0 Å². The molecule has 0 aliphatic carbocycles. The van der Waals surface area contributed by atoms with Gasteiger partial charge >= 0.3 is 10.4 Å². The third-order valence-electron chi connectivity index (χ3n) is 5.88. The molecule has 0 radical (unpaired) electrons. The van der Waals surface area contributed by atoms with Crippen molar-refractivity contribution in [2.45, 2.75) is 124 Å². The molecule has 0 heterocycles. The molecule has 0 aromatic carbocycles. The molecule has 5 nitrogen and oxygen atoms in total. The molecule has 0 rings (SSSR count). The zero-order valence-electron chi connectivity index (χ0n) is 20.0. The summed E-state index contributed by atoms with van der Waals surface area (Å²) in [6.07, 6.45) is 21.5. The molecule has 0 bridgehead atoms. The maximum absolute atomic E-state index is 8.74. The van der Waals surface area contributed by atoms with E-state index in [9.17, 15) is 0 Å². The molecular formula is C23H52NO4S+. The molecule has 0 saturated heterocycles. The molecule has 0 aromatic heterocycles. The summed E-state index contributed by atoms with van der Waals surface area (Å²) in [6, 6.07) is 0. The Balaban J connectivity index is 0. The number of unbranched alkanes of at least 4 members (excludes halogenated alkanes) is 12. The highest BCUT2D eigenvalue weighted by molar-refractivity contribution is 7.79. The van der Waals surface area contributed by atoms with E-state index in [1.165, 1.54) is 127 Å². The van der Waals surface area contributed by atoms with Crippen molar-refractivity contribution in [3.05, 3.63) is 0 Å². The predicted molar refractivity (Wildman–Crippen MR) is 126 cm³/mol. The first kappa shape index (κ1) is 31.0. The molecule has 29 heavy (non-hydrogen) atoms. The molecule has 0 saturated carbocycles. The van der Waals surface area contributed by atoms with Gasteiger partial charge in [-0.2, -0.15) is 8.42 Å². The van der Waals surface area contributed by atoms with Gasteiger partial charge in [-0.05, 0) is 45.4 Å². The number of nitrogens with zero attached hydrogens (tertiary/aromatic N) is 1. The first-order chi connectivity index (χ1) is 13.7. The second-order valence-corrected chi connectivity index (χ2v) is 9.41. The topological polar surface area (TPSA) is 74.6 Å². The summed E-state index contributed by atoms with van der Waals surface area (Å²) in [6.45, 7) is 15.1. The summed E-state index contributed by atoms with van der Waals surface area (Å²) in [4.78, 5) is 0. The fraction of sp³-hybridized carbons (Fsp3) is 1.00. The van der Waals surface area contributed by atoms with Crippen molar-refractivity contribution in [3.8, 4) is 0 Å². The molecule has 0 aromatic rings. The smallest absolute Gasteiger partial charge is 0.324 e. The summed E-state index contributed by atoms with van der Waals surface area (Å²) in [7, 11) is -4.67. The van der Waals surface area contributed by atoms with Gasteiger partial charge in [0, 0.05) is 0 Å². The molecule has 0 unspecified atom stereocenters. The van der Waals surface area contributed by atoms with E-state index in [0.29, 0.717) is 0 Å². The highest BCUT2D eigenvalue weighted by Crippen LogP contribution is 2.17. The third-order valence-corrected chi connectivity index (χ3v) is 5.88. The lowest BCUT2D eigenvalue weighted by atomic mass is 10.1. The highest BCUT2D eigenvalue weighted by atomic mass is 32.3. The van der Waals surface area contributed by atoms with Crippen LogP contribution in [0.25, 0.3) is 0 Å². The monoisotopic (exact) mass is 438 g/mol. The average Bonchev–Trinajstić information content (AvgIpc) is 2.65. The fourth-order valence-electron chi connectivity index (χ4n) is 3.96. The largest absolute Gasteiger partial charge is 0.394 e. The molecule has 178 valence electrons. The fourth-order valence-corrected chi connectivity index (χ4v) is 3.96. The van der Waals surface area contributed by atoms with E-state index in [0.717, 1.165) is 0 Å². The lowest BCUT2D eigenvalue weighted by Gasteiger charge is -2.38. The van der Waals surface area contributed by atoms with Crippen LogP contribution in [0, 0.1) is 0 Å². The van der Waals surface area contributed by atoms with Gasteiger partial charge in [0.2, 0.25) is 0 Å². The number of hydrogen-bond donors (Lipinski definition) is 2. The Morgan fingerprint density at radius 1 is 0.517 bits per heavy atom. The van der Waals surface area contributed by atoms with Gasteiger partial charge in [0.25, 0.3) is 0 Å². The van der Waals surface area contributed by atoms with Gasteiger partial charge in [0.15, 0.2) is 0 Å². The van der Waals surface area contributed by atoms with Crippen LogP contribution < -0.4 is 0 Å². The van der Waals surface area contributed by atoms with Gasteiger partial charge in [-0.25, -0.2) is 0 Å². The van der Waals surface area contributed by atoms with Gasteiger partial charge in [0.1, 0.15) is 0 Å². The van der Waals surface area contributed by atoms with Crippen LogP contribution in [0.5, 0.6) is 0 Å². The molecular weight excluding hydrogens is 386 g/mol. The lowest BCUT2D eigenvalue weighted by Crippen LogP contribution is -2.50. The molecule has 0 aliphatic rings. The Kier molecular flexibility index (Phi) is 22.5. The second-order valence-electron chi connectivity index (χ2n) is 8.52. The lowest BCUT2D eigenvalue weighted by molar-refractivity contribution is -0.927. The number of quaternary nitrogens is 1. The maximum atomic E-state index is 8.74. The van der Waals surface area contributed by atoms with Gasteiger partial charge < -0.3 is 4.48 Å². The Hall–Kier alpha value is -0.170. The second kappa shape index (κ2) is 21.1. The Morgan fingerprint density at radius 3 is 0.966 bits per heavy atom. The summed E-state index contributed by atoms with van der Waals surface area (Å²) in [5.41, 5.74) is 0. The van der Waals surface area contributed by atoms with Crippen LogP contribution in [0.1, 0.15) is 124 Å². The van der Waals surface area contributed by atoms with E-state index >= 15 is 0 Å². The molecule has 6 heteroatoms. The van der Waals surface area contributed by atoms with Gasteiger partial charge in [-0.3, -0.25) is 9.11 Å². The van der Waals surface area contributed by atoms with Gasteiger partial charge in [-0.1, -0.05) is 78.6 Å². The van der Waals surface area contributed by atoms with Crippen molar-refractivity contribution in [1.29, 1.82) is 0 Å². The Bertz CT molecular complexity index is 383. The molecule has 0 aliphatic heterocycles. The summed E-state index contributed by atoms with van der Waals surface area (Å²) in [5.74, 6) is 0. The van der Waals surface area contributed by atoms with Crippen molar-refractivity contribution >= 4 is 10.4 Å². The summed E-state index contributed by atoms with van der Waals surface area (Å²) >= 11 is 0. The molecule has 0 amide bonds. The van der Waals surface area contributed by atoms with Crippen LogP contribution in [-0.4, -0.2) is 48.2 Å². The zero-order valence-corrected chi connectivity index (χ0v) is 20.8. The van der Waals surface area contributed by atoms with E-state index in [1.54, 1.807) is 0 Å². The minimum atomic E-state index is -4.67. The first-order valence-electron chi connectivity index (χ1n) is 12.3. The van der Waals surface area contributed by atoms with Crippen molar-refractivity contribution in [1.82, 2.24) is 0 Å². The SMILES string of the molecule is CCCCCCC[N+](CC)(CCCCCCC)CCCCCCC.O=S(=O)(O)O. The average molecular weight is 439 g/mol. The maximum Gasteiger partial charge on any atom is 0.394 e. The minimum Gasteiger partial charge on any atom is -0.324 e. The van der Waals surface area contributed by atoms with Crippen LogP contribution in [0.3, 0.4) is 0 Å². The van der Waals surface area contributed by atoms with Crippen molar-refractivity contribution in [3.63, 3.8) is 0 Å². The van der Waals surface area contributed by atoms with Gasteiger partial charge in [0.05, 0.1) is 26.2 Å². The third kappa shape index (κ3) is 25.8. The molecule has 2 N–H and O–H groups in total. The van der Waals surface area contributed by atoms with E-state index in [2.05, 4.69) is 27.7 Å². The zero-order chi connectivity index (χ0) is 22.4. The minimum absolute atomic E-state index is 1.36. The van der Waals surface area contributed by atoms with Crippen LogP contribution in [0.2, 0.25) is 0 Å². The van der Waals surface area contributed by atoms with Crippen molar-refractivity contribution in [2.75, 3.05) is 26.2 Å². The number of rotatable bonds is 19. The summed E-state index contributed by atoms with van der Waals surface area (Å²) in [5, 5.41) is 0. The van der Waals surface area contributed by atoms with E-state index in [1.807, 2.05) is 0 Å². The molecule has 0 atom stereocenters. The standard InChI is InChI=1S/C23H50N.H2O4S/c1-5-9-12-15-18-21-24(8-4,22-19-16-13-10-6-2)23-20-17-14-11-7-3;1-5(2,3)4/h5-23H2,1-4H3;(H2,1,2,3,4)/q+1;. The van der Waals surface area contributed by atoms with Gasteiger partial charge in [-0.15, -0.1) is 0 Å². The van der Waals surface area contributed by atoms with E-state index in [4.69, 9.17) is 17.5 Å². The quantitative estimate of drug-likeness (QED) is 0.128. The summed E-state index contributed by atoms with van der Waals surface area (Å²) < 4.78 is 33.0. The normalized spacial score (nSPS) is 11.9. The van der Waals surface area contributed by atoms with E-state index < -0.39 is 10.4 Å². The molecule has 0 spiro atoms. The van der Waals surface area contributed by atoms with Crippen LogP contribution in [0.15, 0.2) is 0 Å². The van der Waals surface area contributed by atoms with Crippen LogP contribution in [0.4, 0.5) is 0 Å². The predicted octanol–water partition coefficient (Wildman–Crippen LogP) is 7.08. The van der Waals surface area contributed by atoms with E-state index in [-0.39, 0.29) is 0 Å². The highest BCUT2D eigenvalue weighted by Gasteiger charge is 2.23. The number of hydrogen-bond acceptors (Lipinski definition) is 2. The van der Waals surface area contributed by atoms with Crippen LogP contribution >= 0.6 is 0 Å². The Labute approximate surface area is 182 Å². The Morgan fingerprint density at radius 2 is 0.759 bits per heavy atom. The molecule has 0 fully saturated rings. The van der Waals surface area contributed by atoms with Crippen molar-refractivity contribution < 1.29 is 22.0 Å². The first-order valence-corrected chi connectivity index (χ1v) is 13.7.